The lowest BCUT2D eigenvalue weighted by molar-refractivity contribution is -0.116. The topological polar surface area (TPSA) is 537 Å². The summed E-state index contributed by atoms with van der Waals surface area (Å²) in [5, 5.41) is 103. The quantitative estimate of drug-likeness (QED) is 0.0119. The minimum atomic E-state index is -1.32. The average molecular weight is 1990 g/mol. The van der Waals surface area contributed by atoms with Crippen molar-refractivity contribution in [2.45, 2.75) is 229 Å². The Bertz CT molecular complexity index is 5640. The predicted molar refractivity (Wildman–Crippen MR) is 540 cm³/mol. The van der Waals surface area contributed by atoms with E-state index in [1.807, 2.05) is 59.8 Å². The lowest BCUT2D eigenvalue weighted by Crippen LogP contribution is -2.40. The van der Waals surface area contributed by atoms with Gasteiger partial charge in [0.05, 0.1) is 36.1 Å². The van der Waals surface area contributed by atoms with Gasteiger partial charge < -0.3 is 94.9 Å². The number of hydrogen-bond acceptors (Lipinski definition) is 29. The monoisotopic (exact) mass is 1990 g/mol. The number of nitrogens with zero attached hydrogens (tertiary/aromatic N) is 6. The number of rotatable bonds is 35. The molecule has 0 bridgehead atoms. The summed E-state index contributed by atoms with van der Waals surface area (Å²) in [5.74, 6) is -0.233. The molecule has 5 aliphatic rings. The van der Waals surface area contributed by atoms with Crippen LogP contribution in [0, 0.1) is 4.77 Å². The van der Waals surface area contributed by atoms with Gasteiger partial charge in [-0.2, -0.15) is 0 Å². The van der Waals surface area contributed by atoms with E-state index in [0.717, 1.165) is 50.1 Å². The van der Waals surface area contributed by atoms with Crippen LogP contribution in [0.4, 0.5) is 0 Å². The molecule has 0 aliphatic carbocycles. The first kappa shape index (κ1) is 115. The molecule has 5 aromatic heterocycles. The number of Topliss-reactive ketones (excluding diaryl/α,β-unsaturated/α-hetero) is 1. The van der Waals surface area contributed by atoms with E-state index < -0.39 is 202 Å². The lowest BCUT2D eigenvalue weighted by Gasteiger charge is -2.21. The van der Waals surface area contributed by atoms with E-state index in [4.69, 9.17) is 40.6 Å². The maximum atomic E-state index is 12.4. The van der Waals surface area contributed by atoms with Crippen molar-refractivity contribution in [3.05, 3.63) is 192 Å². The Balaban J connectivity index is 0.000000256. The minimum Gasteiger partial charge on any atom is -0.388 e. The van der Waals surface area contributed by atoms with Crippen LogP contribution < -0.4 is 66.5 Å². The van der Waals surface area contributed by atoms with Gasteiger partial charge in [-0.15, -0.1) is 65.9 Å². The smallest absolute Gasteiger partial charge is 0.330 e. The third-order valence-electron chi connectivity index (χ3n) is 22.4. The summed E-state index contributed by atoms with van der Waals surface area (Å²) in [6.07, 6.45) is 22.4. The number of aromatic amines is 4. The number of methoxy groups -OCH3 is 1. The van der Waals surface area contributed by atoms with Gasteiger partial charge in [0, 0.05) is 120 Å². The van der Waals surface area contributed by atoms with Gasteiger partial charge in [0.25, 0.3) is 27.8 Å². The Morgan fingerprint density at radius 2 is 0.699 bits per heavy atom. The van der Waals surface area contributed by atoms with Crippen molar-refractivity contribution in [2.75, 3.05) is 124 Å². The molecule has 20 atom stereocenters. The van der Waals surface area contributed by atoms with Crippen LogP contribution in [0.2, 0.25) is 0 Å². The first-order valence-corrected chi connectivity index (χ1v) is 59.7. The highest BCUT2D eigenvalue weighted by Gasteiger charge is 2.49. The largest absolute Gasteiger partial charge is 0.388 e. The number of aliphatic hydroxyl groups excluding tert-OH is 9. The number of aromatic nitrogens is 10. The summed E-state index contributed by atoms with van der Waals surface area (Å²) in [4.78, 5) is 130. The van der Waals surface area contributed by atoms with Crippen LogP contribution in [-0.2, 0) is 73.4 Å². The van der Waals surface area contributed by atoms with Crippen molar-refractivity contribution < 1.29 is 79.2 Å². The molecule has 0 radical (unpaired) electrons. The van der Waals surface area contributed by atoms with E-state index in [9.17, 15) is 93.9 Å². The van der Waals surface area contributed by atoms with E-state index in [1.165, 1.54) is 77.8 Å². The zero-order valence-corrected chi connectivity index (χ0v) is 85.9. The predicted octanol–water partition coefficient (Wildman–Crippen LogP) is 1.69. The molecule has 10 heterocycles. The summed E-state index contributed by atoms with van der Waals surface area (Å²) in [6, 6.07) is 0. The van der Waals surface area contributed by atoms with Gasteiger partial charge in [-0.05, 0) is 190 Å². The molecule has 0 aromatic carbocycles. The third kappa shape index (κ3) is 34.8. The Morgan fingerprint density at radius 1 is 0.414 bits per heavy atom. The van der Waals surface area contributed by atoms with Crippen molar-refractivity contribution in [1.82, 2.24) is 63.3 Å². The SMILES string of the molecule is C=P(C)(C)CC[C@H]1O[C@@H](c2cn(C)c(=O)n(C)c2=O)[C@H](O)[C@@H]1O.C=P(C)(C)CC[C@H]1O[C@@H](n2cc(CC(C)=O)c(=O)[nH]c2=O)[C@H](O)[C@@H]1O.C=P(C)(C)CC[C@H]1O[C@@H](n2cc(CNCC=C(C)C)c(=O)[nH]c2=O)[C@H](O)[C@@H]1O.C=P(C)(C)CC[C@H]1O[C@@H](n2cc(CNCC=C(C)C)c(=O)[nH]c2=O)[C@H](OC)[C@@H]1O.C=P(C)(C)CC[C@H]1O[C@@H](n2cc(CNCC=C(C)C)c(=O)[nH]c2=S)[C@H](O)[C@@H]1O. The van der Waals surface area contributed by atoms with Gasteiger partial charge in [-0.25, -0.2) is 19.2 Å². The first-order chi connectivity index (χ1) is 61.5. The Hall–Kier alpha value is -6.51. The second kappa shape index (κ2) is 50.4. The zero-order valence-electron chi connectivity index (χ0n) is 80.6. The van der Waals surface area contributed by atoms with Gasteiger partial charge >= 0.3 is 22.8 Å². The second-order valence-electron chi connectivity index (χ2n) is 39.0. The number of H-pyrrole nitrogens is 4. The van der Waals surface area contributed by atoms with Crippen LogP contribution in [0.3, 0.4) is 0 Å². The zero-order chi connectivity index (χ0) is 100. The lowest BCUT2D eigenvalue weighted by atomic mass is 10.0. The van der Waals surface area contributed by atoms with E-state index >= 15 is 0 Å². The van der Waals surface area contributed by atoms with Crippen LogP contribution >= 0.6 is 46.6 Å². The minimum absolute atomic E-state index is 0.102. The molecule has 5 aliphatic heterocycles. The number of allylic oxidation sites excluding steroid dienone is 3. The van der Waals surface area contributed by atoms with Gasteiger partial charge in [-0.3, -0.25) is 71.5 Å². The normalized spacial score (nSPS) is 25.8. The van der Waals surface area contributed by atoms with Gasteiger partial charge in [0.15, 0.2) is 29.7 Å². The molecule has 5 aromatic rings. The standard InChI is InChI=1S/C20H34N3O5P.C19H32N3O5P.C19H32N3O4PS.C16H25N2O6P.C15H25N2O5P/c1-13(2)7-9-21-11-14-12-23(20(26)22-18(14)25)19-17(27-3)16(24)15(28-19)8-10-29(4,5)6;1-12(2)6-8-20-10-13-11-22(19(26)21-17(13)25)18-16(24)15(23)14(27-18)7-9-28(3,4)5;1-12(2)6-8-20-10-13-11-22(19(28)21-17(13)25)18-16(24)15(23)14(26-18)7-9-27(3,4)5;1-9(19)7-10-8-18(16(23)17-14(10)22)15-13(21)12(20)11(24-15)5-6-25(2,3)4;1-16-8-9(14(20)17(2)15(16)21)13-12(19)11(18)10(22-13)6-7-23(3,4)5/h7,12,15-17,19,21,24H,4,8-11H2,1-3,5-6H3,(H,22,25,26);6,11,14-16,18,20,23-24H,3,7-10H2,1-2,4-5H3,(H,21,25,26);6,11,14-16,18,20,23-24H,3,7-10H2,1-2,4-5H3,(H,21,25,28);8,11-13,15,20-21H,2,5-7H2,1,3-4H3,(H,17,22,23);8,10-13,18-19H,3,6-7H2,1-2,4-5H3/t15-,16-,17-,19-;2*14-,15-,16-,18-;11-,12-,13-,15-;10-,11-,12-,13+/m11111/s1. The number of aliphatic hydroxyl groups is 9. The number of ketones is 1. The second-order valence-corrected chi connectivity index (χ2v) is 60.9. The van der Waals surface area contributed by atoms with Gasteiger partial charge in [-0.1, -0.05) is 34.9 Å². The molecule has 16 N–H and O–H groups in total. The number of hydrogen-bond donors (Lipinski definition) is 16. The van der Waals surface area contributed by atoms with Crippen molar-refractivity contribution in [2.24, 2.45) is 14.1 Å². The van der Waals surface area contributed by atoms with Crippen LogP contribution in [-0.4, -0.2) is 346 Å². The van der Waals surface area contributed by atoms with Gasteiger partial charge in [0.2, 0.25) is 0 Å². The van der Waals surface area contributed by atoms with E-state index in [1.54, 1.807) is 6.20 Å². The summed E-state index contributed by atoms with van der Waals surface area (Å²) < 4.78 is 42.0. The molecule has 750 valence electrons. The fourth-order valence-electron chi connectivity index (χ4n) is 14.8. The van der Waals surface area contributed by atoms with Crippen molar-refractivity contribution in [1.29, 1.82) is 0 Å². The molecule has 5 saturated heterocycles. The molecular weight excluding hydrogens is 1840 g/mol. The summed E-state index contributed by atoms with van der Waals surface area (Å²) >= 11 is 5.26. The molecule has 44 heteroatoms. The molecule has 5 fully saturated rings. The van der Waals surface area contributed by atoms with Crippen LogP contribution in [0.1, 0.15) is 139 Å². The maximum Gasteiger partial charge on any atom is 0.330 e. The number of carbonyl (C=O) groups is 1. The molecule has 10 rings (SSSR count). The van der Waals surface area contributed by atoms with Crippen LogP contribution in [0.25, 0.3) is 0 Å². The molecule has 0 amide bonds. The van der Waals surface area contributed by atoms with Crippen LogP contribution in [0.5, 0.6) is 0 Å². The fraction of sp³-hybridized carbons (Fsp3) is 0.640. The number of carbonyl (C=O) groups excluding carboxylic acids is 1. The first-order valence-electron chi connectivity index (χ1n) is 44.0. The third-order valence-corrected chi connectivity index (χ3v) is 30.1. The summed E-state index contributed by atoms with van der Waals surface area (Å²) in [5.41, 5.74) is 0.169. The highest BCUT2D eigenvalue weighted by Crippen LogP contribution is 2.45. The average Bonchev–Trinajstić information content (AvgIpc) is 1.62. The molecule has 38 nitrogen and oxygen atoms in total. The Kier molecular flexibility index (Phi) is 43.6. The highest BCUT2D eigenvalue weighted by molar-refractivity contribution is 7.73. The molecule has 0 unspecified atom stereocenters. The molecular formula is C89H148N13O25P5S. The number of nitrogens with one attached hydrogen (secondary N) is 7. The number of ether oxygens (including phenoxy) is 6. The molecule has 0 spiro atoms. The van der Waals surface area contributed by atoms with E-state index in [2.05, 4.69) is 134 Å². The highest BCUT2D eigenvalue weighted by atomic mass is 32.1. The van der Waals surface area contributed by atoms with Crippen LogP contribution in [0.15, 0.2) is 109 Å². The Morgan fingerprint density at radius 3 is 1.03 bits per heavy atom. The van der Waals surface area contributed by atoms with Gasteiger partial charge in [0.1, 0.15) is 72.9 Å². The molecule has 0 saturated carbocycles. The van der Waals surface area contributed by atoms with Crippen molar-refractivity contribution in [3.8, 4) is 0 Å². The fourth-order valence-corrected chi connectivity index (χ4v) is 19.8. The number of aryl methyl sites for hydroxylation is 1. The van der Waals surface area contributed by atoms with E-state index in [0.29, 0.717) is 81.5 Å². The Labute approximate surface area is 781 Å². The molecule has 133 heavy (non-hydrogen) atoms. The van der Waals surface area contributed by atoms with Crippen molar-refractivity contribution >= 4 is 83.9 Å². The summed E-state index contributed by atoms with van der Waals surface area (Å²) in [6.45, 7) is 30.6. The summed E-state index contributed by atoms with van der Waals surface area (Å²) in [7, 11) is 4.37. The maximum absolute atomic E-state index is 12.4. The van der Waals surface area contributed by atoms with E-state index in [-0.39, 0.29) is 40.2 Å². The van der Waals surface area contributed by atoms with Crippen molar-refractivity contribution in [3.63, 3.8) is 0 Å².